The molecule has 1 aromatic heterocycles. The number of benzene rings is 1. The van der Waals surface area contributed by atoms with Crippen molar-refractivity contribution in [1.82, 2.24) is 4.98 Å². The second-order valence-electron chi connectivity index (χ2n) is 8.07. The number of pyridine rings is 1. The Bertz CT molecular complexity index is 1140. The van der Waals surface area contributed by atoms with E-state index >= 15 is 8.78 Å². The van der Waals surface area contributed by atoms with Gasteiger partial charge in [-0.15, -0.1) is 12.4 Å². The second kappa shape index (κ2) is 7.38. The van der Waals surface area contributed by atoms with Crippen LogP contribution >= 0.6 is 12.4 Å². The topological polar surface area (TPSA) is 129 Å². The molecule has 2 heterocycles. The lowest BCUT2D eigenvalue weighted by Gasteiger charge is -2.24. The summed E-state index contributed by atoms with van der Waals surface area (Å²) >= 11 is 0. The van der Waals surface area contributed by atoms with Crippen molar-refractivity contribution in [2.24, 2.45) is 17.6 Å². The molecule has 3 aliphatic rings. The monoisotopic (exact) mass is 455 g/mol. The normalized spacial score (nSPS) is 23.2. The third-order valence-electron chi connectivity index (χ3n) is 6.43. The number of aromatic hydroxyl groups is 1. The Kier molecular flexibility index (Phi) is 5.09. The first-order valence-corrected chi connectivity index (χ1v) is 9.68. The number of halogens is 3. The van der Waals surface area contributed by atoms with Gasteiger partial charge >= 0.3 is 6.16 Å². The van der Waals surface area contributed by atoms with Crippen LogP contribution in [0.5, 0.6) is 11.5 Å². The first-order chi connectivity index (χ1) is 14.3. The number of carbonyl (C=O) groups is 1. The van der Waals surface area contributed by atoms with E-state index in [1.54, 1.807) is 11.0 Å². The van der Waals surface area contributed by atoms with Gasteiger partial charge in [0, 0.05) is 30.3 Å². The summed E-state index contributed by atoms with van der Waals surface area (Å²) in [6.45, 7) is 1.15. The lowest BCUT2D eigenvalue weighted by atomic mass is 9.98. The van der Waals surface area contributed by atoms with E-state index in [0.717, 1.165) is 0 Å². The standard InChI is InChI=1S/C20H19F2N3O5.ClH/c21-13-11(25-5-9-10(6-25)15(9)23)4-7-2-1-3-8-16(12(7)14(13)22)24-19(27)18(17(8)26)30-20(28)29;/h4,9-10,15H,1-3,5-6,23H2,(H,28,29)(H2,24,26,27);1H/t9-,10+,15+;. The minimum atomic E-state index is -1.77. The van der Waals surface area contributed by atoms with E-state index < -0.39 is 34.8 Å². The Morgan fingerprint density at radius 2 is 1.90 bits per heavy atom. The summed E-state index contributed by atoms with van der Waals surface area (Å²) in [5, 5.41) is 19.2. The van der Waals surface area contributed by atoms with Gasteiger partial charge in [0.05, 0.1) is 11.4 Å². The number of nitrogens with two attached hydrogens (primary N) is 1. The summed E-state index contributed by atoms with van der Waals surface area (Å²) < 4.78 is 34.7. The number of piperidine rings is 1. The quantitative estimate of drug-likeness (QED) is 0.512. The molecule has 0 amide bonds. The van der Waals surface area contributed by atoms with Gasteiger partial charge < -0.3 is 30.6 Å². The van der Waals surface area contributed by atoms with Crippen LogP contribution in [0.2, 0.25) is 0 Å². The van der Waals surface area contributed by atoms with Crippen molar-refractivity contribution in [1.29, 1.82) is 0 Å². The van der Waals surface area contributed by atoms with Crippen LogP contribution < -0.4 is 20.9 Å². The average molecular weight is 456 g/mol. The molecule has 2 aliphatic carbocycles. The van der Waals surface area contributed by atoms with E-state index in [-0.39, 0.29) is 47.4 Å². The van der Waals surface area contributed by atoms with Gasteiger partial charge in [-0.3, -0.25) is 4.79 Å². The Hall–Kier alpha value is -2.85. The zero-order chi connectivity index (χ0) is 21.3. The predicted molar refractivity (Wildman–Crippen MR) is 109 cm³/mol. The van der Waals surface area contributed by atoms with Crippen LogP contribution in [0, 0.1) is 23.5 Å². The summed E-state index contributed by atoms with van der Waals surface area (Å²) in [7, 11) is 0. The number of nitrogens with one attached hydrogen (secondary N) is 1. The molecule has 3 atom stereocenters. The molecule has 0 bridgehead atoms. The third kappa shape index (κ3) is 3.21. The third-order valence-corrected chi connectivity index (χ3v) is 6.43. The Labute approximate surface area is 181 Å². The second-order valence-corrected chi connectivity index (χ2v) is 8.07. The molecule has 166 valence electrons. The Morgan fingerprint density at radius 3 is 2.55 bits per heavy atom. The maximum Gasteiger partial charge on any atom is 0.511 e. The number of H-pyrrole nitrogens is 1. The molecule has 31 heavy (non-hydrogen) atoms. The number of hydrogen-bond acceptors (Lipinski definition) is 6. The molecule has 8 nitrogen and oxygen atoms in total. The molecule has 0 unspecified atom stereocenters. The minimum Gasteiger partial charge on any atom is -0.504 e. The number of aromatic nitrogens is 1. The van der Waals surface area contributed by atoms with E-state index in [2.05, 4.69) is 9.72 Å². The molecular weight excluding hydrogens is 436 g/mol. The van der Waals surface area contributed by atoms with E-state index in [4.69, 9.17) is 10.8 Å². The molecule has 5 rings (SSSR count). The number of anilines is 1. The first-order valence-electron chi connectivity index (χ1n) is 9.68. The number of hydrogen-bond donors (Lipinski definition) is 4. The van der Waals surface area contributed by atoms with Gasteiger partial charge in [0.1, 0.15) is 0 Å². The highest BCUT2D eigenvalue weighted by Crippen LogP contribution is 2.47. The number of aryl methyl sites for hydroxylation is 1. The van der Waals surface area contributed by atoms with Crippen LogP contribution in [-0.4, -0.2) is 40.5 Å². The van der Waals surface area contributed by atoms with Crippen LogP contribution in [0.4, 0.5) is 19.3 Å². The minimum absolute atomic E-state index is 0. The van der Waals surface area contributed by atoms with Gasteiger partial charge in [0.2, 0.25) is 5.75 Å². The largest absolute Gasteiger partial charge is 0.511 e. The maximum atomic E-state index is 15.3. The molecule has 1 saturated heterocycles. The van der Waals surface area contributed by atoms with Crippen molar-refractivity contribution in [3.8, 4) is 22.8 Å². The SMILES string of the molecule is Cl.N[C@@H]1[C@H]2CN(c3cc4c(c(F)c3F)-c3[nH]c(=O)c(OC(=O)O)c(O)c3CCC4)C[C@@H]12. The maximum absolute atomic E-state index is 15.3. The van der Waals surface area contributed by atoms with Crippen molar-refractivity contribution in [2.75, 3.05) is 18.0 Å². The number of nitrogens with zero attached hydrogens (tertiary/aromatic N) is 1. The van der Waals surface area contributed by atoms with E-state index in [1.165, 1.54) is 0 Å². The fourth-order valence-electron chi connectivity index (χ4n) is 4.83. The predicted octanol–water partition coefficient (Wildman–Crippen LogP) is 2.39. The number of ether oxygens (including phenoxy) is 1. The average Bonchev–Trinajstić information content (AvgIpc) is 3.13. The van der Waals surface area contributed by atoms with Gasteiger partial charge in [-0.25, -0.2) is 13.6 Å². The van der Waals surface area contributed by atoms with E-state index in [0.29, 0.717) is 43.3 Å². The van der Waals surface area contributed by atoms with E-state index in [9.17, 15) is 14.7 Å². The highest BCUT2D eigenvalue weighted by Gasteiger charge is 2.54. The lowest BCUT2D eigenvalue weighted by molar-refractivity contribution is 0.142. The highest BCUT2D eigenvalue weighted by molar-refractivity contribution is 5.85. The summed E-state index contributed by atoms with van der Waals surface area (Å²) in [4.78, 5) is 27.3. The van der Waals surface area contributed by atoms with Gasteiger partial charge in [0.15, 0.2) is 17.4 Å². The van der Waals surface area contributed by atoms with Crippen LogP contribution in [-0.2, 0) is 12.8 Å². The number of fused-ring (bicyclic) bond motifs is 4. The fourth-order valence-corrected chi connectivity index (χ4v) is 4.83. The summed E-state index contributed by atoms with van der Waals surface area (Å²) in [5.74, 6) is -3.00. The van der Waals surface area contributed by atoms with Gasteiger partial charge in [0.25, 0.3) is 5.56 Å². The van der Waals surface area contributed by atoms with Crippen LogP contribution in [0.1, 0.15) is 17.5 Å². The summed E-state index contributed by atoms with van der Waals surface area (Å²) in [5.41, 5.74) is 5.51. The van der Waals surface area contributed by atoms with E-state index in [1.807, 2.05) is 0 Å². The Morgan fingerprint density at radius 1 is 1.23 bits per heavy atom. The van der Waals surface area contributed by atoms with Crippen LogP contribution in [0.25, 0.3) is 11.3 Å². The van der Waals surface area contributed by atoms with Gasteiger partial charge in [-0.05, 0) is 42.7 Å². The van der Waals surface area contributed by atoms with Crippen LogP contribution in [0.3, 0.4) is 0 Å². The lowest BCUT2D eigenvalue weighted by Crippen LogP contribution is -2.29. The molecule has 5 N–H and O–H groups in total. The molecule has 2 fully saturated rings. The molecule has 1 aromatic carbocycles. The zero-order valence-corrected chi connectivity index (χ0v) is 17.0. The van der Waals surface area contributed by atoms with Crippen molar-refractivity contribution in [3.05, 3.63) is 39.2 Å². The van der Waals surface area contributed by atoms with Crippen molar-refractivity contribution in [2.45, 2.75) is 25.3 Å². The van der Waals surface area contributed by atoms with Gasteiger partial charge in [-0.1, -0.05) is 0 Å². The molecular formula is C20H20ClF2N3O5. The first kappa shape index (κ1) is 21.4. The molecule has 2 aromatic rings. The number of carboxylic acid groups (broad SMARTS) is 1. The van der Waals surface area contributed by atoms with Crippen LogP contribution in [0.15, 0.2) is 10.9 Å². The van der Waals surface area contributed by atoms with Crippen molar-refractivity contribution >= 4 is 24.2 Å². The Balaban J connectivity index is 0.00000231. The molecule has 1 aliphatic heterocycles. The number of aromatic amines is 1. The summed E-state index contributed by atoms with van der Waals surface area (Å²) in [6, 6.07) is 1.72. The number of rotatable bonds is 2. The highest BCUT2D eigenvalue weighted by atomic mass is 35.5. The fraction of sp³-hybridized carbons (Fsp3) is 0.400. The zero-order valence-electron chi connectivity index (χ0n) is 16.2. The summed E-state index contributed by atoms with van der Waals surface area (Å²) in [6.07, 6.45) is -0.672. The van der Waals surface area contributed by atoms with Gasteiger partial charge in [-0.2, -0.15) is 0 Å². The smallest absolute Gasteiger partial charge is 0.504 e. The molecule has 11 heteroatoms. The molecule has 0 radical (unpaired) electrons. The molecule has 1 saturated carbocycles. The van der Waals surface area contributed by atoms with Crippen molar-refractivity contribution < 1.29 is 28.5 Å². The van der Waals surface area contributed by atoms with Crippen molar-refractivity contribution in [3.63, 3.8) is 0 Å². The molecule has 0 spiro atoms.